The van der Waals surface area contributed by atoms with Gasteiger partial charge in [-0.05, 0) is 17.7 Å². The molecule has 1 aromatic heterocycles. The van der Waals surface area contributed by atoms with Crippen LogP contribution in [-0.4, -0.2) is 23.3 Å². The Morgan fingerprint density at radius 3 is 2.75 bits per heavy atom. The number of aromatic amines is 1. The molecule has 0 saturated carbocycles. The van der Waals surface area contributed by atoms with Crippen molar-refractivity contribution in [3.8, 4) is 0 Å². The standard InChI is InChI=1S/C11H9F2N3/c12-9-3-8-10(15-16-11(8)13)2-7(9)1-6-4-14-5-6/h1-3,14H,4-5H2,(H,15,16). The second-order valence-electron chi connectivity index (χ2n) is 3.83. The first-order valence-electron chi connectivity index (χ1n) is 4.97. The zero-order valence-corrected chi connectivity index (χ0v) is 8.35. The third-order valence-corrected chi connectivity index (χ3v) is 2.69. The fourth-order valence-electron chi connectivity index (χ4n) is 1.72. The Labute approximate surface area is 90.2 Å². The topological polar surface area (TPSA) is 40.7 Å². The lowest BCUT2D eigenvalue weighted by Crippen LogP contribution is -2.33. The van der Waals surface area contributed by atoms with Crippen molar-refractivity contribution in [1.82, 2.24) is 15.5 Å². The first-order valence-corrected chi connectivity index (χ1v) is 4.97. The van der Waals surface area contributed by atoms with Gasteiger partial charge in [0.05, 0.1) is 10.9 Å². The summed E-state index contributed by atoms with van der Waals surface area (Å²) in [4.78, 5) is 0. The second-order valence-corrected chi connectivity index (χ2v) is 3.83. The molecule has 5 heteroatoms. The van der Waals surface area contributed by atoms with E-state index in [1.165, 1.54) is 6.07 Å². The van der Waals surface area contributed by atoms with E-state index >= 15 is 0 Å². The Kier molecular flexibility index (Phi) is 2.00. The summed E-state index contributed by atoms with van der Waals surface area (Å²) in [5.41, 5.74) is 2.03. The molecule has 0 unspecified atom stereocenters. The molecule has 0 bridgehead atoms. The van der Waals surface area contributed by atoms with Crippen molar-refractivity contribution in [3.05, 3.63) is 35.0 Å². The van der Waals surface area contributed by atoms with Crippen LogP contribution in [-0.2, 0) is 0 Å². The van der Waals surface area contributed by atoms with Crippen LogP contribution in [0.4, 0.5) is 8.78 Å². The van der Waals surface area contributed by atoms with E-state index in [-0.39, 0.29) is 5.39 Å². The summed E-state index contributed by atoms with van der Waals surface area (Å²) in [6.07, 6.45) is 1.78. The Hall–Kier alpha value is -1.75. The van der Waals surface area contributed by atoms with Gasteiger partial charge in [0.25, 0.3) is 0 Å². The number of nitrogens with zero attached hydrogens (tertiary/aromatic N) is 1. The largest absolute Gasteiger partial charge is 0.309 e. The summed E-state index contributed by atoms with van der Waals surface area (Å²) in [5.74, 6) is -1.02. The van der Waals surface area contributed by atoms with Gasteiger partial charge in [-0.3, -0.25) is 5.10 Å². The number of hydrogen-bond donors (Lipinski definition) is 2. The van der Waals surface area contributed by atoms with Crippen molar-refractivity contribution >= 4 is 17.0 Å². The van der Waals surface area contributed by atoms with Crippen LogP contribution in [0.5, 0.6) is 0 Å². The minimum absolute atomic E-state index is 0.186. The maximum absolute atomic E-state index is 13.6. The monoisotopic (exact) mass is 221 g/mol. The fraction of sp³-hybridized carbons (Fsp3) is 0.182. The van der Waals surface area contributed by atoms with Gasteiger partial charge in [-0.2, -0.15) is 9.49 Å². The highest BCUT2D eigenvalue weighted by Crippen LogP contribution is 2.22. The highest BCUT2D eigenvalue weighted by Gasteiger charge is 2.12. The molecule has 1 fully saturated rings. The maximum Gasteiger partial charge on any atom is 0.216 e. The Morgan fingerprint density at radius 2 is 2.06 bits per heavy atom. The molecule has 0 aliphatic carbocycles. The van der Waals surface area contributed by atoms with Crippen molar-refractivity contribution in [1.29, 1.82) is 0 Å². The van der Waals surface area contributed by atoms with Gasteiger partial charge in [0.2, 0.25) is 5.95 Å². The molecule has 1 saturated heterocycles. The minimum atomic E-state index is -0.599. The number of halogens is 2. The highest BCUT2D eigenvalue weighted by molar-refractivity contribution is 5.81. The van der Waals surface area contributed by atoms with Gasteiger partial charge in [0.15, 0.2) is 0 Å². The number of hydrogen-bond acceptors (Lipinski definition) is 2. The van der Waals surface area contributed by atoms with Crippen LogP contribution in [0.2, 0.25) is 0 Å². The van der Waals surface area contributed by atoms with E-state index in [2.05, 4.69) is 15.5 Å². The molecule has 1 aromatic carbocycles. The number of aromatic nitrogens is 2. The van der Waals surface area contributed by atoms with Crippen LogP contribution in [0.1, 0.15) is 5.56 Å². The van der Waals surface area contributed by atoms with Crippen LogP contribution in [0.25, 0.3) is 17.0 Å². The van der Waals surface area contributed by atoms with Crippen molar-refractivity contribution < 1.29 is 8.78 Å². The number of fused-ring (bicyclic) bond motifs is 1. The van der Waals surface area contributed by atoms with Crippen LogP contribution >= 0.6 is 0 Å². The lowest BCUT2D eigenvalue weighted by Gasteiger charge is -2.18. The van der Waals surface area contributed by atoms with Gasteiger partial charge in [-0.15, -0.1) is 0 Å². The molecule has 3 nitrogen and oxygen atoms in total. The second kappa shape index (κ2) is 3.38. The van der Waals surface area contributed by atoms with E-state index in [4.69, 9.17) is 0 Å². The first-order chi connectivity index (χ1) is 7.74. The predicted molar refractivity (Wildman–Crippen MR) is 56.9 cm³/mol. The van der Waals surface area contributed by atoms with Crippen molar-refractivity contribution in [3.63, 3.8) is 0 Å². The van der Waals surface area contributed by atoms with Gasteiger partial charge >= 0.3 is 0 Å². The molecule has 1 aliphatic heterocycles. The van der Waals surface area contributed by atoms with Gasteiger partial charge < -0.3 is 5.32 Å². The van der Waals surface area contributed by atoms with Crippen LogP contribution < -0.4 is 5.32 Å². The van der Waals surface area contributed by atoms with Crippen molar-refractivity contribution in [2.24, 2.45) is 0 Å². The molecule has 2 N–H and O–H groups in total. The molecule has 0 amide bonds. The number of H-pyrrole nitrogens is 1. The fourth-order valence-corrected chi connectivity index (χ4v) is 1.72. The lowest BCUT2D eigenvalue weighted by atomic mass is 10.1. The first kappa shape index (κ1) is 9.47. The predicted octanol–water partition coefficient (Wildman–Crippen LogP) is 1.83. The SMILES string of the molecule is Fc1cc2c(F)[nH]nc2cc1C=C1CNC1. The Bertz CT molecular complexity index is 580. The van der Waals surface area contributed by atoms with E-state index in [9.17, 15) is 8.78 Å². The van der Waals surface area contributed by atoms with Crippen LogP contribution in [0.3, 0.4) is 0 Å². The zero-order valence-electron chi connectivity index (χ0n) is 8.35. The van der Waals surface area contributed by atoms with Gasteiger partial charge in [0, 0.05) is 18.7 Å². The Morgan fingerprint density at radius 1 is 1.25 bits per heavy atom. The number of nitrogens with one attached hydrogen (secondary N) is 2. The molecule has 3 rings (SSSR count). The summed E-state index contributed by atoms with van der Waals surface area (Å²) in [6.45, 7) is 1.57. The maximum atomic E-state index is 13.6. The van der Waals surface area contributed by atoms with Crippen LogP contribution in [0, 0.1) is 11.8 Å². The lowest BCUT2D eigenvalue weighted by molar-refractivity contribution is 0.586. The van der Waals surface area contributed by atoms with E-state index < -0.39 is 11.8 Å². The van der Waals surface area contributed by atoms with Gasteiger partial charge in [0.1, 0.15) is 5.82 Å². The minimum Gasteiger partial charge on any atom is -0.309 e. The third-order valence-electron chi connectivity index (χ3n) is 2.69. The van der Waals surface area contributed by atoms with Gasteiger partial charge in [-0.1, -0.05) is 6.08 Å². The molecule has 0 radical (unpaired) electrons. The third kappa shape index (κ3) is 1.40. The summed E-state index contributed by atoms with van der Waals surface area (Å²) >= 11 is 0. The summed E-state index contributed by atoms with van der Waals surface area (Å²) in [7, 11) is 0. The van der Waals surface area contributed by atoms with Crippen molar-refractivity contribution in [2.75, 3.05) is 13.1 Å². The number of rotatable bonds is 1. The average Bonchev–Trinajstić information content (AvgIpc) is 2.54. The molecular formula is C11H9F2N3. The highest BCUT2D eigenvalue weighted by atomic mass is 19.1. The van der Waals surface area contributed by atoms with E-state index in [0.717, 1.165) is 18.7 Å². The molecule has 16 heavy (non-hydrogen) atoms. The summed E-state index contributed by atoms with van der Waals surface area (Å²) < 4.78 is 26.7. The normalized spacial score (nSPS) is 15.2. The molecule has 2 aromatic rings. The van der Waals surface area contributed by atoms with Crippen LogP contribution in [0.15, 0.2) is 17.7 Å². The molecule has 0 spiro atoms. The molecule has 1 aliphatic rings. The smallest absolute Gasteiger partial charge is 0.216 e. The quantitative estimate of drug-likeness (QED) is 0.771. The summed E-state index contributed by atoms with van der Waals surface area (Å²) in [6, 6.07) is 2.72. The van der Waals surface area contributed by atoms with E-state index in [1.54, 1.807) is 12.1 Å². The average molecular weight is 221 g/mol. The molecule has 2 heterocycles. The summed E-state index contributed by atoms with van der Waals surface area (Å²) in [5, 5.41) is 9.21. The van der Waals surface area contributed by atoms with Gasteiger partial charge in [-0.25, -0.2) is 4.39 Å². The molecule has 82 valence electrons. The Balaban J connectivity index is 2.14. The number of benzene rings is 1. The van der Waals surface area contributed by atoms with E-state index in [0.29, 0.717) is 11.1 Å². The molecule has 0 atom stereocenters. The van der Waals surface area contributed by atoms with Crippen molar-refractivity contribution in [2.45, 2.75) is 0 Å². The van der Waals surface area contributed by atoms with E-state index in [1.807, 2.05) is 0 Å². The molecular weight excluding hydrogens is 212 g/mol. The zero-order chi connectivity index (χ0) is 11.1.